The molecule has 0 atom stereocenters. The summed E-state index contributed by atoms with van der Waals surface area (Å²) in [4.78, 5) is 0. The van der Waals surface area contributed by atoms with E-state index >= 15 is 0 Å². The van der Waals surface area contributed by atoms with E-state index in [0.29, 0.717) is 0 Å². The van der Waals surface area contributed by atoms with Crippen molar-refractivity contribution < 1.29 is 4.74 Å². The molecule has 0 aromatic rings. The minimum absolute atomic E-state index is 0.892. The van der Waals surface area contributed by atoms with Gasteiger partial charge in [-0.2, -0.15) is 0 Å². The van der Waals surface area contributed by atoms with Crippen molar-refractivity contribution in [3.8, 4) is 0 Å². The molecule has 0 spiro atoms. The Kier molecular flexibility index (Phi) is 8.19. The van der Waals surface area contributed by atoms with Crippen molar-refractivity contribution >= 4 is 8.07 Å². The van der Waals surface area contributed by atoms with Crippen LogP contribution in [0.4, 0.5) is 0 Å². The minimum Gasteiger partial charge on any atom is -0.385 e. The minimum atomic E-state index is -0.999. The molecule has 0 bridgehead atoms. The fourth-order valence-electron chi connectivity index (χ4n) is 1.78. The van der Waals surface area contributed by atoms with Crippen LogP contribution in [0.15, 0.2) is 11.8 Å². The van der Waals surface area contributed by atoms with E-state index in [4.69, 9.17) is 4.74 Å². The predicted octanol–water partition coefficient (Wildman–Crippen LogP) is 4.02. The van der Waals surface area contributed by atoms with Gasteiger partial charge in [-0.15, -0.1) is 0 Å². The number of unbranched alkanes of at least 4 members (excludes halogenated alkanes) is 1. The monoisotopic (exact) mass is 214 g/mol. The Morgan fingerprint density at radius 3 is 2.07 bits per heavy atom. The lowest BCUT2D eigenvalue weighted by Gasteiger charge is -2.23. The van der Waals surface area contributed by atoms with Gasteiger partial charge in [0.25, 0.3) is 0 Å². The molecule has 0 heterocycles. The molecule has 0 saturated heterocycles. The highest BCUT2D eigenvalue weighted by molar-refractivity contribution is 6.84. The largest absolute Gasteiger partial charge is 0.385 e. The van der Waals surface area contributed by atoms with Crippen molar-refractivity contribution in [2.24, 2.45) is 0 Å². The molecule has 0 aliphatic carbocycles. The zero-order valence-corrected chi connectivity index (χ0v) is 11.3. The Bertz CT molecular complexity index is 142. The highest BCUT2D eigenvalue weighted by Gasteiger charge is 2.22. The highest BCUT2D eigenvalue weighted by Crippen LogP contribution is 2.21. The molecule has 2 heteroatoms. The molecule has 0 aliphatic heterocycles. The van der Waals surface area contributed by atoms with Crippen molar-refractivity contribution in [1.82, 2.24) is 0 Å². The van der Waals surface area contributed by atoms with Gasteiger partial charge >= 0.3 is 0 Å². The normalized spacial score (nSPS) is 12.6. The van der Waals surface area contributed by atoms with E-state index in [2.05, 4.69) is 32.5 Å². The second-order valence-electron chi connectivity index (χ2n) is 3.96. The van der Waals surface area contributed by atoms with Crippen LogP contribution in [0.2, 0.25) is 18.1 Å². The van der Waals surface area contributed by atoms with Gasteiger partial charge in [0.15, 0.2) is 0 Å². The second-order valence-corrected chi connectivity index (χ2v) is 9.14. The lowest BCUT2D eigenvalue weighted by Crippen LogP contribution is -2.28. The Labute approximate surface area is 90.6 Å². The topological polar surface area (TPSA) is 9.23 Å². The second kappa shape index (κ2) is 8.24. The molecular weight excluding hydrogens is 188 g/mol. The van der Waals surface area contributed by atoms with Crippen molar-refractivity contribution in [3.63, 3.8) is 0 Å². The van der Waals surface area contributed by atoms with E-state index in [9.17, 15) is 0 Å². The van der Waals surface area contributed by atoms with Crippen LogP contribution in [0, 0.1) is 0 Å². The van der Waals surface area contributed by atoms with Crippen LogP contribution in [0.25, 0.3) is 0 Å². The maximum absolute atomic E-state index is 5.03. The standard InChI is InChI=1S/C12H26OSi/c1-5-14(6-2,7-3)12-10-8-9-11-13-4/h10,12H,5-9,11H2,1-4H3/b12-10-. The molecule has 0 N–H and O–H groups in total. The molecule has 0 aromatic heterocycles. The van der Waals surface area contributed by atoms with Crippen LogP contribution < -0.4 is 0 Å². The van der Waals surface area contributed by atoms with Crippen LogP contribution in [0.5, 0.6) is 0 Å². The van der Waals surface area contributed by atoms with Gasteiger partial charge < -0.3 is 4.74 Å². The summed E-state index contributed by atoms with van der Waals surface area (Å²) in [5.41, 5.74) is 2.56. The highest BCUT2D eigenvalue weighted by atomic mass is 28.3. The molecule has 0 radical (unpaired) electrons. The van der Waals surface area contributed by atoms with Gasteiger partial charge in [0.1, 0.15) is 0 Å². The fourth-order valence-corrected chi connectivity index (χ4v) is 4.66. The van der Waals surface area contributed by atoms with Crippen LogP contribution in [0.3, 0.4) is 0 Å². The third-order valence-corrected chi connectivity index (χ3v) is 8.47. The number of hydrogen-bond acceptors (Lipinski definition) is 1. The smallest absolute Gasteiger partial charge is 0.0766 e. The van der Waals surface area contributed by atoms with E-state index in [0.717, 1.165) is 13.0 Å². The maximum Gasteiger partial charge on any atom is 0.0766 e. The Balaban J connectivity index is 3.90. The first kappa shape index (κ1) is 13.9. The van der Waals surface area contributed by atoms with E-state index in [1.807, 2.05) is 0 Å². The summed E-state index contributed by atoms with van der Waals surface area (Å²) >= 11 is 0. The van der Waals surface area contributed by atoms with Crippen LogP contribution in [-0.2, 0) is 4.74 Å². The van der Waals surface area contributed by atoms with E-state index in [1.165, 1.54) is 24.6 Å². The number of rotatable bonds is 8. The zero-order chi connectivity index (χ0) is 10.9. The first-order valence-electron chi connectivity index (χ1n) is 5.91. The third kappa shape index (κ3) is 4.96. The van der Waals surface area contributed by atoms with Gasteiger partial charge in [-0.05, 0) is 12.8 Å². The molecule has 84 valence electrons. The molecule has 14 heavy (non-hydrogen) atoms. The fraction of sp³-hybridized carbons (Fsp3) is 0.833. The van der Waals surface area contributed by atoms with Crippen molar-refractivity contribution in [2.45, 2.75) is 51.7 Å². The Morgan fingerprint density at radius 2 is 1.64 bits per heavy atom. The van der Waals surface area contributed by atoms with Gasteiger partial charge in [-0.1, -0.05) is 50.7 Å². The third-order valence-electron chi connectivity index (χ3n) is 3.30. The quantitative estimate of drug-likeness (QED) is 0.438. The number of methoxy groups -OCH3 is 1. The van der Waals surface area contributed by atoms with Crippen molar-refractivity contribution in [2.75, 3.05) is 13.7 Å². The molecule has 1 nitrogen and oxygen atoms in total. The van der Waals surface area contributed by atoms with E-state index < -0.39 is 8.07 Å². The van der Waals surface area contributed by atoms with Gasteiger partial charge in [-0.25, -0.2) is 0 Å². The average Bonchev–Trinajstić information content (AvgIpc) is 2.24. The molecule has 0 unspecified atom stereocenters. The van der Waals surface area contributed by atoms with Crippen LogP contribution >= 0.6 is 0 Å². The zero-order valence-electron chi connectivity index (χ0n) is 10.3. The summed E-state index contributed by atoms with van der Waals surface area (Å²) in [6.45, 7) is 7.93. The summed E-state index contributed by atoms with van der Waals surface area (Å²) in [6, 6.07) is 4.17. The summed E-state index contributed by atoms with van der Waals surface area (Å²) in [5, 5.41) is 0. The molecular formula is C12H26OSi. The van der Waals surface area contributed by atoms with Gasteiger partial charge in [0.05, 0.1) is 8.07 Å². The van der Waals surface area contributed by atoms with E-state index in [1.54, 1.807) is 7.11 Å². The summed E-state index contributed by atoms with van der Waals surface area (Å²) in [5.74, 6) is 0. The lowest BCUT2D eigenvalue weighted by molar-refractivity contribution is 0.196. The van der Waals surface area contributed by atoms with Crippen LogP contribution in [0.1, 0.15) is 33.6 Å². The molecule has 0 aliphatic rings. The predicted molar refractivity (Wildman–Crippen MR) is 67.4 cm³/mol. The molecule has 0 saturated carbocycles. The number of allylic oxidation sites excluding steroid dienone is 1. The first-order chi connectivity index (χ1) is 6.74. The molecule has 0 fully saturated rings. The number of hydrogen-bond donors (Lipinski definition) is 0. The SMILES string of the molecule is CC[Si](/C=C\CCCOC)(CC)CC. The van der Waals surface area contributed by atoms with Crippen molar-refractivity contribution in [3.05, 3.63) is 11.8 Å². The van der Waals surface area contributed by atoms with Gasteiger partial charge in [0, 0.05) is 13.7 Å². The van der Waals surface area contributed by atoms with E-state index in [-0.39, 0.29) is 0 Å². The lowest BCUT2D eigenvalue weighted by atomic mass is 10.3. The Morgan fingerprint density at radius 1 is 1.07 bits per heavy atom. The summed E-state index contributed by atoms with van der Waals surface area (Å²) in [7, 11) is 0.772. The van der Waals surface area contributed by atoms with Gasteiger partial charge in [0.2, 0.25) is 0 Å². The first-order valence-corrected chi connectivity index (χ1v) is 8.61. The van der Waals surface area contributed by atoms with Gasteiger partial charge in [-0.3, -0.25) is 0 Å². The average molecular weight is 214 g/mol. The summed E-state index contributed by atoms with van der Waals surface area (Å²) in [6.07, 6.45) is 4.74. The maximum atomic E-state index is 5.03. The van der Waals surface area contributed by atoms with Crippen molar-refractivity contribution in [1.29, 1.82) is 0 Å². The molecule has 0 aromatic carbocycles. The summed E-state index contributed by atoms with van der Waals surface area (Å²) < 4.78 is 5.03. The van der Waals surface area contributed by atoms with Crippen LogP contribution in [-0.4, -0.2) is 21.8 Å². The Hall–Kier alpha value is -0.0831. The molecule has 0 amide bonds. The molecule has 0 rings (SSSR count). The number of ether oxygens (including phenoxy) is 1.